The standard InChI is InChI=1S/C16H25ClN2O/c1-2-16(14-4-6-15(17)7-5-14)18-8-3-9-19-10-12-20-13-11-19/h4-7,16,18H,2-3,8-13H2,1H3. The number of morpholine rings is 1. The number of nitrogens with one attached hydrogen (secondary N) is 1. The maximum atomic E-state index is 5.94. The molecule has 1 fully saturated rings. The minimum Gasteiger partial charge on any atom is -0.379 e. The van der Waals surface area contributed by atoms with Crippen LogP contribution < -0.4 is 5.32 Å². The molecule has 1 aliphatic heterocycles. The summed E-state index contributed by atoms with van der Waals surface area (Å²) in [5, 5.41) is 4.45. The van der Waals surface area contributed by atoms with E-state index in [-0.39, 0.29) is 0 Å². The quantitative estimate of drug-likeness (QED) is 0.783. The largest absolute Gasteiger partial charge is 0.379 e. The maximum Gasteiger partial charge on any atom is 0.0594 e. The Bertz CT molecular complexity index is 377. The number of benzene rings is 1. The number of ether oxygens (including phenoxy) is 1. The predicted molar refractivity (Wildman–Crippen MR) is 84.4 cm³/mol. The number of rotatable bonds is 7. The van der Waals surface area contributed by atoms with Gasteiger partial charge in [0.2, 0.25) is 0 Å². The van der Waals surface area contributed by atoms with E-state index >= 15 is 0 Å². The van der Waals surface area contributed by atoms with Crippen LogP contribution in [0.25, 0.3) is 0 Å². The van der Waals surface area contributed by atoms with Crippen LogP contribution in [0.15, 0.2) is 24.3 Å². The van der Waals surface area contributed by atoms with Gasteiger partial charge in [-0.15, -0.1) is 0 Å². The van der Waals surface area contributed by atoms with Crippen molar-refractivity contribution in [2.24, 2.45) is 0 Å². The van der Waals surface area contributed by atoms with Crippen molar-refractivity contribution in [3.63, 3.8) is 0 Å². The van der Waals surface area contributed by atoms with Gasteiger partial charge in [-0.3, -0.25) is 4.90 Å². The summed E-state index contributed by atoms with van der Waals surface area (Å²) in [6, 6.07) is 8.60. The van der Waals surface area contributed by atoms with Crippen LogP contribution in [0.5, 0.6) is 0 Å². The molecular formula is C16H25ClN2O. The van der Waals surface area contributed by atoms with Gasteiger partial charge in [0.05, 0.1) is 13.2 Å². The van der Waals surface area contributed by atoms with E-state index in [4.69, 9.17) is 16.3 Å². The van der Waals surface area contributed by atoms with Crippen LogP contribution in [0.1, 0.15) is 31.4 Å². The molecule has 0 aliphatic carbocycles. The molecule has 0 saturated carbocycles. The summed E-state index contributed by atoms with van der Waals surface area (Å²) in [4.78, 5) is 2.48. The molecule has 1 heterocycles. The second-order valence-corrected chi connectivity index (χ2v) is 5.71. The Morgan fingerprint density at radius 1 is 1.25 bits per heavy atom. The molecule has 112 valence electrons. The van der Waals surface area contributed by atoms with Gasteiger partial charge in [0, 0.05) is 24.2 Å². The zero-order valence-corrected chi connectivity index (χ0v) is 13.0. The Morgan fingerprint density at radius 3 is 2.60 bits per heavy atom. The van der Waals surface area contributed by atoms with Crippen molar-refractivity contribution in [2.45, 2.75) is 25.8 Å². The van der Waals surface area contributed by atoms with E-state index in [1.165, 1.54) is 12.0 Å². The third kappa shape index (κ3) is 5.06. The first-order chi connectivity index (χ1) is 9.79. The van der Waals surface area contributed by atoms with Crippen LogP contribution in [-0.2, 0) is 4.74 Å². The topological polar surface area (TPSA) is 24.5 Å². The molecule has 0 radical (unpaired) electrons. The molecule has 0 aromatic heterocycles. The molecule has 3 nitrogen and oxygen atoms in total. The smallest absolute Gasteiger partial charge is 0.0594 e. The fourth-order valence-corrected chi connectivity index (χ4v) is 2.72. The van der Waals surface area contributed by atoms with Gasteiger partial charge in [-0.1, -0.05) is 30.7 Å². The molecule has 1 aromatic carbocycles. The van der Waals surface area contributed by atoms with Crippen LogP contribution in [0.3, 0.4) is 0 Å². The average Bonchev–Trinajstić information content (AvgIpc) is 2.50. The van der Waals surface area contributed by atoms with E-state index < -0.39 is 0 Å². The molecule has 20 heavy (non-hydrogen) atoms. The van der Waals surface area contributed by atoms with Crippen LogP contribution >= 0.6 is 11.6 Å². The summed E-state index contributed by atoms with van der Waals surface area (Å²) in [6.45, 7) is 8.36. The average molecular weight is 297 g/mol. The molecule has 4 heteroatoms. The van der Waals surface area contributed by atoms with E-state index in [0.717, 1.165) is 50.8 Å². The van der Waals surface area contributed by atoms with Crippen molar-refractivity contribution in [1.29, 1.82) is 0 Å². The molecular weight excluding hydrogens is 272 g/mol. The monoisotopic (exact) mass is 296 g/mol. The molecule has 0 amide bonds. The lowest BCUT2D eigenvalue weighted by atomic mass is 10.0. The Hall–Kier alpha value is -0.610. The number of hydrogen-bond donors (Lipinski definition) is 1. The number of halogens is 1. The zero-order valence-electron chi connectivity index (χ0n) is 12.3. The van der Waals surface area contributed by atoms with Gasteiger partial charge in [0.25, 0.3) is 0 Å². The highest BCUT2D eigenvalue weighted by atomic mass is 35.5. The van der Waals surface area contributed by atoms with E-state index in [1.54, 1.807) is 0 Å². The van der Waals surface area contributed by atoms with Gasteiger partial charge in [-0.2, -0.15) is 0 Å². The lowest BCUT2D eigenvalue weighted by Crippen LogP contribution is -2.37. The van der Waals surface area contributed by atoms with Crippen molar-refractivity contribution in [1.82, 2.24) is 10.2 Å². The van der Waals surface area contributed by atoms with E-state index in [1.807, 2.05) is 12.1 Å². The van der Waals surface area contributed by atoms with Crippen molar-refractivity contribution >= 4 is 11.6 Å². The van der Waals surface area contributed by atoms with Gasteiger partial charge in [0.1, 0.15) is 0 Å². The molecule has 0 bridgehead atoms. The summed E-state index contributed by atoms with van der Waals surface area (Å²) in [7, 11) is 0. The molecule has 1 aliphatic rings. The van der Waals surface area contributed by atoms with Crippen molar-refractivity contribution < 1.29 is 4.74 Å². The molecule has 1 N–H and O–H groups in total. The highest BCUT2D eigenvalue weighted by Crippen LogP contribution is 2.19. The molecule has 1 aromatic rings. The SMILES string of the molecule is CCC(NCCCN1CCOCC1)c1ccc(Cl)cc1. The number of hydrogen-bond acceptors (Lipinski definition) is 3. The second kappa shape index (κ2) is 8.63. The van der Waals surface area contributed by atoms with Gasteiger partial charge in [-0.05, 0) is 43.6 Å². The molecule has 0 spiro atoms. The van der Waals surface area contributed by atoms with Crippen LogP contribution in [0.2, 0.25) is 5.02 Å². The lowest BCUT2D eigenvalue weighted by Gasteiger charge is -2.27. The number of nitrogens with zero attached hydrogens (tertiary/aromatic N) is 1. The Kier molecular flexibility index (Phi) is 6.80. The van der Waals surface area contributed by atoms with Crippen LogP contribution in [0.4, 0.5) is 0 Å². The van der Waals surface area contributed by atoms with E-state index in [2.05, 4.69) is 29.3 Å². The third-order valence-corrected chi connectivity index (χ3v) is 4.08. The predicted octanol–water partition coefficient (Wildman–Crippen LogP) is 3.10. The Labute approximate surface area is 127 Å². The minimum absolute atomic E-state index is 0.428. The Morgan fingerprint density at radius 2 is 1.95 bits per heavy atom. The normalized spacial score (nSPS) is 18.1. The zero-order chi connectivity index (χ0) is 14.2. The molecule has 2 rings (SSSR count). The third-order valence-electron chi connectivity index (χ3n) is 3.83. The molecule has 1 atom stereocenters. The fraction of sp³-hybridized carbons (Fsp3) is 0.625. The van der Waals surface area contributed by atoms with Gasteiger partial charge in [0.15, 0.2) is 0 Å². The van der Waals surface area contributed by atoms with Gasteiger partial charge < -0.3 is 10.1 Å². The summed E-state index contributed by atoms with van der Waals surface area (Å²) in [5.41, 5.74) is 1.32. The Balaban J connectivity index is 1.69. The highest BCUT2D eigenvalue weighted by molar-refractivity contribution is 6.30. The first-order valence-corrected chi connectivity index (χ1v) is 7.96. The van der Waals surface area contributed by atoms with Gasteiger partial charge >= 0.3 is 0 Å². The van der Waals surface area contributed by atoms with E-state index in [9.17, 15) is 0 Å². The van der Waals surface area contributed by atoms with Crippen molar-refractivity contribution in [2.75, 3.05) is 39.4 Å². The minimum atomic E-state index is 0.428. The highest BCUT2D eigenvalue weighted by Gasteiger charge is 2.11. The second-order valence-electron chi connectivity index (χ2n) is 5.27. The van der Waals surface area contributed by atoms with Crippen LogP contribution in [-0.4, -0.2) is 44.3 Å². The first kappa shape index (κ1) is 15.8. The summed E-state index contributed by atoms with van der Waals surface area (Å²) >= 11 is 5.94. The molecule has 1 saturated heterocycles. The van der Waals surface area contributed by atoms with Crippen molar-refractivity contribution in [3.05, 3.63) is 34.9 Å². The first-order valence-electron chi connectivity index (χ1n) is 7.58. The van der Waals surface area contributed by atoms with Crippen LogP contribution in [0, 0.1) is 0 Å². The summed E-state index contributed by atoms with van der Waals surface area (Å²) in [5.74, 6) is 0. The van der Waals surface area contributed by atoms with Crippen molar-refractivity contribution in [3.8, 4) is 0 Å². The lowest BCUT2D eigenvalue weighted by molar-refractivity contribution is 0.0374. The van der Waals surface area contributed by atoms with E-state index in [0.29, 0.717) is 6.04 Å². The van der Waals surface area contributed by atoms with Gasteiger partial charge in [-0.25, -0.2) is 0 Å². The summed E-state index contributed by atoms with van der Waals surface area (Å²) < 4.78 is 5.36. The molecule has 1 unspecified atom stereocenters. The fourth-order valence-electron chi connectivity index (χ4n) is 2.60. The maximum absolute atomic E-state index is 5.94. The summed E-state index contributed by atoms with van der Waals surface area (Å²) in [6.07, 6.45) is 2.28.